The molecule has 26 heavy (non-hydrogen) atoms. The fraction of sp³-hybridized carbons (Fsp3) is 0.316. The van der Waals surface area contributed by atoms with Crippen molar-refractivity contribution in [1.29, 1.82) is 0 Å². The van der Waals surface area contributed by atoms with Crippen LogP contribution in [0.3, 0.4) is 0 Å². The van der Waals surface area contributed by atoms with Crippen molar-refractivity contribution in [2.45, 2.75) is 31.7 Å². The quantitative estimate of drug-likeness (QED) is 0.419. The van der Waals surface area contributed by atoms with Gasteiger partial charge in [0.05, 0.1) is 11.0 Å². The monoisotopic (exact) mass is 354 g/mol. The van der Waals surface area contributed by atoms with Crippen LogP contribution < -0.4 is 16.4 Å². The molecule has 1 unspecified atom stereocenters. The highest BCUT2D eigenvalue weighted by molar-refractivity contribution is 5.77. The Morgan fingerprint density at radius 2 is 2.08 bits per heavy atom. The Morgan fingerprint density at radius 3 is 2.88 bits per heavy atom. The largest absolute Gasteiger partial charge is 0.399 e. The first-order valence-corrected chi connectivity index (χ1v) is 8.69. The third-order valence-corrected chi connectivity index (χ3v) is 4.58. The minimum Gasteiger partial charge on any atom is -0.399 e. The molecule has 0 saturated heterocycles. The number of fused-ring (bicyclic) bond motifs is 1. The number of nitro benzene ring substituents is 1. The lowest BCUT2D eigenvalue weighted by atomic mass is 9.87. The lowest BCUT2D eigenvalue weighted by Gasteiger charge is -2.26. The maximum atomic E-state index is 12.3. The van der Waals surface area contributed by atoms with E-state index in [4.69, 9.17) is 5.73 Å². The molecule has 1 atom stereocenters. The van der Waals surface area contributed by atoms with Crippen LogP contribution in [0.1, 0.15) is 36.4 Å². The van der Waals surface area contributed by atoms with E-state index in [-0.39, 0.29) is 24.1 Å². The number of hydrogen-bond acceptors (Lipinski definition) is 5. The van der Waals surface area contributed by atoms with Gasteiger partial charge < -0.3 is 16.4 Å². The first kappa shape index (κ1) is 17.7. The topological polar surface area (TPSA) is 110 Å². The summed E-state index contributed by atoms with van der Waals surface area (Å²) in [5.74, 6) is -0.0780. The minimum absolute atomic E-state index is 0.00193. The molecular weight excluding hydrogens is 332 g/mol. The number of carbonyl (C=O) groups is 1. The van der Waals surface area contributed by atoms with Gasteiger partial charge in [-0.3, -0.25) is 14.9 Å². The zero-order valence-electron chi connectivity index (χ0n) is 14.4. The van der Waals surface area contributed by atoms with Crippen molar-refractivity contribution in [3.8, 4) is 0 Å². The first-order valence-electron chi connectivity index (χ1n) is 8.69. The highest BCUT2D eigenvalue weighted by Crippen LogP contribution is 2.31. The van der Waals surface area contributed by atoms with Gasteiger partial charge in [-0.2, -0.15) is 0 Å². The molecule has 0 saturated carbocycles. The summed E-state index contributed by atoms with van der Waals surface area (Å²) in [6.45, 7) is 0.331. The fourth-order valence-corrected chi connectivity index (χ4v) is 3.34. The van der Waals surface area contributed by atoms with Crippen molar-refractivity contribution < 1.29 is 9.72 Å². The number of nitrogens with two attached hydrogens (primary N) is 1. The number of amides is 1. The van der Waals surface area contributed by atoms with Gasteiger partial charge in [0.25, 0.3) is 5.69 Å². The van der Waals surface area contributed by atoms with Crippen LogP contribution in [-0.4, -0.2) is 17.4 Å². The van der Waals surface area contributed by atoms with Crippen molar-refractivity contribution in [3.63, 3.8) is 0 Å². The first-order chi connectivity index (χ1) is 12.5. The SMILES string of the molecule is Nc1ccc2c(c1)CCCC2NC(=O)CCNc1ccccc1[N+](=O)[O-]. The standard InChI is InChI=1S/C19H22N4O3/c20-14-8-9-15-13(12-14)4-3-6-16(15)22-19(24)10-11-21-17-5-1-2-7-18(17)23(25)26/h1-2,5,7-9,12,16,21H,3-4,6,10-11,20H2,(H,22,24). The summed E-state index contributed by atoms with van der Waals surface area (Å²) in [5.41, 5.74) is 9.33. The Kier molecular flexibility index (Phi) is 5.36. The number of nitrogens with one attached hydrogen (secondary N) is 2. The summed E-state index contributed by atoms with van der Waals surface area (Å²) < 4.78 is 0. The molecule has 1 amide bonds. The highest BCUT2D eigenvalue weighted by atomic mass is 16.6. The van der Waals surface area contributed by atoms with E-state index >= 15 is 0 Å². The van der Waals surface area contributed by atoms with Crippen molar-refractivity contribution in [1.82, 2.24) is 5.32 Å². The fourth-order valence-electron chi connectivity index (χ4n) is 3.34. The molecule has 0 heterocycles. The maximum absolute atomic E-state index is 12.3. The van der Waals surface area contributed by atoms with Crippen LogP contribution in [0.15, 0.2) is 42.5 Å². The van der Waals surface area contributed by atoms with Gasteiger partial charge in [0.15, 0.2) is 0 Å². The van der Waals surface area contributed by atoms with Crippen LogP contribution in [0.25, 0.3) is 0 Å². The van der Waals surface area contributed by atoms with Crippen LogP contribution in [-0.2, 0) is 11.2 Å². The van der Waals surface area contributed by atoms with Crippen molar-refractivity contribution in [2.75, 3.05) is 17.6 Å². The Bertz CT molecular complexity index is 822. The number of nitro groups is 1. The van der Waals surface area contributed by atoms with Gasteiger partial charge in [-0.1, -0.05) is 18.2 Å². The number of anilines is 2. The molecule has 0 radical (unpaired) electrons. The molecule has 0 bridgehead atoms. The summed E-state index contributed by atoms with van der Waals surface area (Å²) in [6.07, 6.45) is 3.13. The second kappa shape index (κ2) is 7.86. The molecular formula is C19H22N4O3. The van der Waals surface area contributed by atoms with Gasteiger partial charge in [0.2, 0.25) is 5.91 Å². The molecule has 4 N–H and O–H groups in total. The summed E-state index contributed by atoms with van der Waals surface area (Å²) in [7, 11) is 0. The van der Waals surface area contributed by atoms with Crippen molar-refractivity contribution in [3.05, 3.63) is 63.7 Å². The lowest BCUT2D eigenvalue weighted by molar-refractivity contribution is -0.384. The second-order valence-electron chi connectivity index (χ2n) is 6.42. The van der Waals surface area contributed by atoms with Crippen LogP contribution in [0.4, 0.5) is 17.1 Å². The van der Waals surface area contributed by atoms with E-state index in [1.165, 1.54) is 11.6 Å². The molecule has 7 heteroatoms. The Labute approximate surface area is 151 Å². The van der Waals surface area contributed by atoms with Crippen LogP contribution in [0, 0.1) is 10.1 Å². The number of rotatable bonds is 6. The van der Waals surface area contributed by atoms with Gasteiger partial charge in [-0.25, -0.2) is 0 Å². The van der Waals surface area contributed by atoms with E-state index in [0.717, 1.165) is 30.5 Å². The van der Waals surface area contributed by atoms with E-state index in [2.05, 4.69) is 10.6 Å². The summed E-state index contributed by atoms with van der Waals surface area (Å²) >= 11 is 0. The van der Waals surface area contributed by atoms with Crippen LogP contribution in [0.5, 0.6) is 0 Å². The smallest absolute Gasteiger partial charge is 0.292 e. The lowest BCUT2D eigenvalue weighted by Crippen LogP contribution is -2.32. The van der Waals surface area contributed by atoms with Gasteiger partial charge in [-0.05, 0) is 48.6 Å². The molecule has 0 aromatic heterocycles. The third-order valence-electron chi connectivity index (χ3n) is 4.58. The van der Waals surface area contributed by atoms with Gasteiger partial charge in [0.1, 0.15) is 5.69 Å². The Balaban J connectivity index is 1.55. The van der Waals surface area contributed by atoms with Crippen LogP contribution >= 0.6 is 0 Å². The molecule has 2 aromatic carbocycles. The Hall–Kier alpha value is -3.09. The number of nitrogen functional groups attached to an aromatic ring is 1. The number of aryl methyl sites for hydroxylation is 1. The average molecular weight is 354 g/mol. The number of nitrogens with zero attached hydrogens (tertiary/aromatic N) is 1. The average Bonchev–Trinajstić information content (AvgIpc) is 2.62. The Morgan fingerprint density at radius 1 is 1.27 bits per heavy atom. The number of benzene rings is 2. The van der Waals surface area contributed by atoms with E-state index in [1.807, 2.05) is 18.2 Å². The van der Waals surface area contributed by atoms with Gasteiger partial charge >= 0.3 is 0 Å². The predicted octanol–water partition coefficient (Wildman–Crippen LogP) is 3.17. The minimum atomic E-state index is -0.437. The maximum Gasteiger partial charge on any atom is 0.292 e. The van der Waals surface area contributed by atoms with Crippen LogP contribution in [0.2, 0.25) is 0 Å². The number of carbonyl (C=O) groups excluding carboxylic acids is 1. The summed E-state index contributed by atoms with van der Waals surface area (Å²) in [5, 5.41) is 17.0. The summed E-state index contributed by atoms with van der Waals surface area (Å²) in [4.78, 5) is 22.8. The summed E-state index contributed by atoms with van der Waals surface area (Å²) in [6, 6.07) is 12.2. The number of hydrogen-bond donors (Lipinski definition) is 3. The normalized spacial score (nSPS) is 15.8. The molecule has 136 valence electrons. The number of para-hydroxylation sites is 2. The molecule has 1 aliphatic rings. The van der Waals surface area contributed by atoms with Gasteiger partial charge in [-0.15, -0.1) is 0 Å². The van der Waals surface area contributed by atoms with E-state index in [1.54, 1.807) is 18.2 Å². The van der Waals surface area contributed by atoms with E-state index in [9.17, 15) is 14.9 Å². The van der Waals surface area contributed by atoms with Gasteiger partial charge in [0, 0.05) is 24.7 Å². The molecule has 1 aliphatic carbocycles. The molecule has 0 spiro atoms. The molecule has 7 nitrogen and oxygen atoms in total. The zero-order chi connectivity index (χ0) is 18.5. The van der Waals surface area contributed by atoms with Crippen molar-refractivity contribution in [2.24, 2.45) is 0 Å². The molecule has 2 aromatic rings. The second-order valence-corrected chi connectivity index (χ2v) is 6.42. The predicted molar refractivity (Wildman–Crippen MR) is 101 cm³/mol. The van der Waals surface area contributed by atoms with E-state index < -0.39 is 4.92 Å². The highest BCUT2D eigenvalue weighted by Gasteiger charge is 2.21. The molecule has 0 fully saturated rings. The third kappa shape index (κ3) is 4.11. The van der Waals surface area contributed by atoms with E-state index in [0.29, 0.717) is 12.2 Å². The molecule has 3 rings (SSSR count). The molecule has 0 aliphatic heterocycles. The van der Waals surface area contributed by atoms with Crippen molar-refractivity contribution >= 4 is 23.0 Å². The zero-order valence-corrected chi connectivity index (χ0v) is 14.4.